The van der Waals surface area contributed by atoms with Crippen LogP contribution in [0.3, 0.4) is 0 Å². The van der Waals surface area contributed by atoms with E-state index in [-0.39, 0.29) is 17.3 Å². The summed E-state index contributed by atoms with van der Waals surface area (Å²) in [5, 5.41) is 10.1. The molecule has 4 nitrogen and oxygen atoms in total. The van der Waals surface area contributed by atoms with Gasteiger partial charge in [-0.15, -0.1) is 0 Å². The lowest BCUT2D eigenvalue weighted by Gasteiger charge is -2.03. The second-order valence-electron chi connectivity index (χ2n) is 5.03. The van der Waals surface area contributed by atoms with Crippen molar-refractivity contribution in [3.63, 3.8) is 0 Å². The van der Waals surface area contributed by atoms with Crippen molar-refractivity contribution < 1.29 is 14.6 Å². The van der Waals surface area contributed by atoms with Crippen LogP contribution in [0, 0.1) is 6.92 Å². The van der Waals surface area contributed by atoms with Crippen LogP contribution in [0.25, 0.3) is 6.08 Å². The molecule has 3 rings (SSSR count). The smallest absolute Gasteiger partial charge is 0.363 e. The summed E-state index contributed by atoms with van der Waals surface area (Å²) >= 11 is 6.60. The molecule has 0 unspecified atom stereocenters. The van der Waals surface area contributed by atoms with Gasteiger partial charge in [-0.25, -0.2) is 9.79 Å². The van der Waals surface area contributed by atoms with E-state index in [1.807, 2.05) is 31.2 Å². The van der Waals surface area contributed by atoms with Gasteiger partial charge in [0.25, 0.3) is 0 Å². The Bertz CT molecular complexity index is 855. The van der Waals surface area contributed by atoms with Gasteiger partial charge in [0.15, 0.2) is 5.70 Å². The standard InChI is InChI=1S/C17H11Br2NO3/c1-9-2-4-10(5-3-9)16-20-14(17(22)23-16)7-11-6-12(18)8-13(19)15(11)21/h2-8,21H,1H3. The van der Waals surface area contributed by atoms with Gasteiger partial charge in [-0.2, -0.15) is 0 Å². The van der Waals surface area contributed by atoms with E-state index in [0.29, 0.717) is 10.0 Å². The highest BCUT2D eigenvalue weighted by molar-refractivity contribution is 9.11. The molecule has 116 valence electrons. The van der Waals surface area contributed by atoms with Crippen LogP contribution in [0.1, 0.15) is 16.7 Å². The van der Waals surface area contributed by atoms with Gasteiger partial charge >= 0.3 is 5.97 Å². The van der Waals surface area contributed by atoms with Crippen molar-refractivity contribution in [2.24, 2.45) is 4.99 Å². The van der Waals surface area contributed by atoms with Crippen molar-refractivity contribution in [3.05, 3.63) is 67.7 Å². The highest BCUT2D eigenvalue weighted by Crippen LogP contribution is 2.33. The molecule has 0 aliphatic carbocycles. The number of ether oxygens (including phenoxy) is 1. The molecule has 2 aromatic rings. The lowest BCUT2D eigenvalue weighted by Crippen LogP contribution is -2.05. The molecule has 0 saturated carbocycles. The van der Waals surface area contributed by atoms with Crippen molar-refractivity contribution in [2.75, 3.05) is 0 Å². The summed E-state index contributed by atoms with van der Waals surface area (Å²) < 4.78 is 6.50. The lowest BCUT2D eigenvalue weighted by molar-refractivity contribution is -0.129. The number of benzene rings is 2. The van der Waals surface area contributed by atoms with Crippen molar-refractivity contribution in [1.82, 2.24) is 0 Å². The summed E-state index contributed by atoms with van der Waals surface area (Å²) in [5.41, 5.74) is 2.44. The molecule has 2 aromatic carbocycles. The Kier molecular flexibility index (Phi) is 4.37. The number of carbonyl (C=O) groups excluding carboxylic acids is 1. The minimum absolute atomic E-state index is 0.0347. The molecule has 23 heavy (non-hydrogen) atoms. The average Bonchev–Trinajstić information content (AvgIpc) is 2.86. The molecule has 1 aliphatic rings. The van der Waals surface area contributed by atoms with E-state index in [9.17, 15) is 9.90 Å². The summed E-state index contributed by atoms with van der Waals surface area (Å²) in [6, 6.07) is 10.9. The molecule has 1 N–H and O–H groups in total. The third kappa shape index (κ3) is 3.38. The average molecular weight is 437 g/mol. The number of hydrogen-bond acceptors (Lipinski definition) is 4. The minimum atomic E-state index is -0.545. The van der Waals surface area contributed by atoms with E-state index >= 15 is 0 Å². The predicted molar refractivity (Wildman–Crippen MR) is 95.3 cm³/mol. The molecule has 0 saturated heterocycles. The Labute approximate surface area is 149 Å². The Morgan fingerprint density at radius 2 is 1.87 bits per heavy atom. The van der Waals surface area contributed by atoms with Gasteiger partial charge in [-0.05, 0) is 53.2 Å². The number of phenols is 1. The molecule has 6 heteroatoms. The molecule has 0 radical (unpaired) electrons. The number of rotatable bonds is 2. The number of hydrogen-bond donors (Lipinski definition) is 1. The first kappa shape index (κ1) is 16.0. The molecule has 1 aliphatic heterocycles. The predicted octanol–water partition coefficient (Wildman–Crippen LogP) is 4.57. The van der Waals surface area contributed by atoms with E-state index in [4.69, 9.17) is 4.74 Å². The maximum atomic E-state index is 12.0. The summed E-state index contributed by atoms with van der Waals surface area (Å²) in [5.74, 6) is -0.252. The number of aliphatic imine (C=N–C) groups is 1. The van der Waals surface area contributed by atoms with E-state index in [2.05, 4.69) is 36.9 Å². The van der Waals surface area contributed by atoms with Crippen LogP contribution in [0.4, 0.5) is 0 Å². The van der Waals surface area contributed by atoms with Crippen LogP contribution in [0.2, 0.25) is 0 Å². The highest BCUT2D eigenvalue weighted by Gasteiger charge is 2.24. The molecule has 1 heterocycles. The molecule has 0 atom stereocenters. The number of carbonyl (C=O) groups is 1. The Hall–Kier alpha value is -1.92. The van der Waals surface area contributed by atoms with Gasteiger partial charge in [0.2, 0.25) is 5.90 Å². The van der Waals surface area contributed by atoms with Crippen LogP contribution in [-0.4, -0.2) is 17.0 Å². The highest BCUT2D eigenvalue weighted by atomic mass is 79.9. The van der Waals surface area contributed by atoms with Gasteiger partial charge in [-0.1, -0.05) is 33.6 Å². The first-order valence-electron chi connectivity index (χ1n) is 6.71. The van der Waals surface area contributed by atoms with E-state index < -0.39 is 5.97 Å². The number of nitrogens with zero attached hydrogens (tertiary/aromatic N) is 1. The van der Waals surface area contributed by atoms with Crippen LogP contribution < -0.4 is 0 Å². The fourth-order valence-corrected chi connectivity index (χ4v) is 3.33. The number of aryl methyl sites for hydroxylation is 1. The van der Waals surface area contributed by atoms with Crippen LogP contribution in [0.15, 0.2) is 56.0 Å². The molecule has 0 fully saturated rings. The van der Waals surface area contributed by atoms with Crippen LogP contribution in [-0.2, 0) is 9.53 Å². The first-order chi connectivity index (χ1) is 10.9. The third-order valence-corrected chi connectivity index (χ3v) is 4.33. The summed E-state index contributed by atoms with van der Waals surface area (Å²) in [6.45, 7) is 1.98. The maximum Gasteiger partial charge on any atom is 0.363 e. The zero-order valence-corrected chi connectivity index (χ0v) is 15.2. The third-order valence-electron chi connectivity index (χ3n) is 3.27. The number of halogens is 2. The number of esters is 1. The van der Waals surface area contributed by atoms with Crippen molar-refractivity contribution in [1.29, 1.82) is 0 Å². The fourth-order valence-electron chi connectivity index (χ4n) is 2.07. The molecule has 0 spiro atoms. The lowest BCUT2D eigenvalue weighted by atomic mass is 10.1. The zero-order chi connectivity index (χ0) is 16.6. The van der Waals surface area contributed by atoms with Gasteiger partial charge in [0.1, 0.15) is 5.75 Å². The van der Waals surface area contributed by atoms with E-state index in [1.165, 1.54) is 6.08 Å². The summed E-state index contributed by atoms with van der Waals surface area (Å²) in [7, 11) is 0. The van der Waals surface area contributed by atoms with Crippen molar-refractivity contribution in [2.45, 2.75) is 6.92 Å². The van der Waals surface area contributed by atoms with Gasteiger partial charge < -0.3 is 9.84 Å². The molecule has 0 bridgehead atoms. The Balaban J connectivity index is 2.00. The zero-order valence-electron chi connectivity index (χ0n) is 12.0. The second kappa shape index (κ2) is 6.29. The normalized spacial score (nSPS) is 15.7. The summed E-state index contributed by atoms with van der Waals surface area (Å²) in [6.07, 6.45) is 1.49. The second-order valence-corrected chi connectivity index (χ2v) is 6.80. The van der Waals surface area contributed by atoms with Crippen molar-refractivity contribution >= 4 is 49.8 Å². The summed E-state index contributed by atoms with van der Waals surface area (Å²) in [4.78, 5) is 16.2. The Morgan fingerprint density at radius 3 is 2.57 bits per heavy atom. The number of cyclic esters (lactones) is 1. The monoisotopic (exact) mass is 435 g/mol. The molecular weight excluding hydrogens is 426 g/mol. The fraction of sp³-hybridized carbons (Fsp3) is 0.0588. The van der Waals surface area contributed by atoms with Gasteiger partial charge in [0.05, 0.1) is 4.47 Å². The molecule has 0 amide bonds. The SMILES string of the molecule is Cc1ccc(C2=NC(=Cc3cc(Br)cc(Br)c3O)C(=O)O2)cc1. The van der Waals surface area contributed by atoms with Gasteiger partial charge in [-0.3, -0.25) is 0 Å². The number of aromatic hydroxyl groups is 1. The minimum Gasteiger partial charge on any atom is -0.506 e. The van der Waals surface area contributed by atoms with Gasteiger partial charge in [0, 0.05) is 15.6 Å². The maximum absolute atomic E-state index is 12.0. The Morgan fingerprint density at radius 1 is 1.17 bits per heavy atom. The van der Waals surface area contributed by atoms with E-state index in [1.54, 1.807) is 12.1 Å². The molecular formula is C17H11Br2NO3. The largest absolute Gasteiger partial charge is 0.506 e. The quantitative estimate of drug-likeness (QED) is 0.554. The van der Waals surface area contributed by atoms with Crippen LogP contribution >= 0.6 is 31.9 Å². The van der Waals surface area contributed by atoms with Crippen molar-refractivity contribution in [3.8, 4) is 5.75 Å². The molecule has 0 aromatic heterocycles. The van der Waals surface area contributed by atoms with Crippen LogP contribution in [0.5, 0.6) is 5.75 Å². The topological polar surface area (TPSA) is 58.9 Å². The number of phenolic OH excluding ortho intramolecular Hbond substituents is 1. The first-order valence-corrected chi connectivity index (χ1v) is 8.30. The van der Waals surface area contributed by atoms with E-state index in [0.717, 1.165) is 15.6 Å².